The number of fused-ring (bicyclic) bond motifs is 1. The standard InChI is InChI=1S/C22H22N2O3S/c1-16(22(26)27-2)14-24(15-17-8-4-3-5-9-17)21(25)13-12-20-23-18-10-6-7-11-19(18)28-20/h3-13,16H,14-15H2,1-2H3/b13-12+. The Hall–Kier alpha value is -2.99. The van der Waals surface area contributed by atoms with Crippen LogP contribution in [0.1, 0.15) is 17.5 Å². The number of hydrogen-bond donors (Lipinski definition) is 0. The first-order valence-electron chi connectivity index (χ1n) is 9.01. The quantitative estimate of drug-likeness (QED) is 0.446. The molecule has 0 saturated carbocycles. The van der Waals surface area contributed by atoms with Crippen molar-refractivity contribution in [2.24, 2.45) is 5.92 Å². The summed E-state index contributed by atoms with van der Waals surface area (Å²) in [6.45, 7) is 2.46. The van der Waals surface area contributed by atoms with E-state index in [-0.39, 0.29) is 18.4 Å². The number of hydrogen-bond acceptors (Lipinski definition) is 5. The summed E-state index contributed by atoms with van der Waals surface area (Å²) in [5.41, 5.74) is 1.92. The number of para-hydroxylation sites is 1. The molecule has 0 radical (unpaired) electrons. The van der Waals surface area contributed by atoms with Gasteiger partial charge in [0.05, 0.1) is 23.2 Å². The second kappa shape index (κ2) is 9.28. The van der Waals surface area contributed by atoms with Gasteiger partial charge >= 0.3 is 5.97 Å². The Balaban J connectivity index is 1.77. The van der Waals surface area contributed by atoms with Gasteiger partial charge in [0.25, 0.3) is 0 Å². The lowest BCUT2D eigenvalue weighted by atomic mass is 10.1. The predicted molar refractivity (Wildman–Crippen MR) is 112 cm³/mol. The molecule has 0 aliphatic carbocycles. The van der Waals surface area contributed by atoms with Crippen LogP contribution < -0.4 is 0 Å². The Kier molecular flexibility index (Phi) is 6.55. The summed E-state index contributed by atoms with van der Waals surface area (Å²) >= 11 is 1.53. The fourth-order valence-corrected chi connectivity index (χ4v) is 3.72. The van der Waals surface area contributed by atoms with Crippen molar-refractivity contribution in [3.05, 3.63) is 71.2 Å². The van der Waals surface area contributed by atoms with Crippen LogP contribution in [0.15, 0.2) is 60.7 Å². The number of nitrogens with zero attached hydrogens (tertiary/aromatic N) is 2. The third-order valence-corrected chi connectivity index (χ3v) is 5.31. The number of ether oxygens (including phenoxy) is 1. The molecule has 1 atom stereocenters. The van der Waals surface area contributed by atoms with Crippen molar-refractivity contribution in [3.8, 4) is 0 Å². The Bertz CT molecular complexity index is 949. The van der Waals surface area contributed by atoms with Crippen LogP contribution in [-0.4, -0.2) is 35.4 Å². The zero-order chi connectivity index (χ0) is 19.9. The van der Waals surface area contributed by atoms with E-state index in [0.29, 0.717) is 6.54 Å². The van der Waals surface area contributed by atoms with Gasteiger partial charge in [-0.25, -0.2) is 4.98 Å². The molecule has 1 aromatic heterocycles. The predicted octanol–water partition coefficient (Wildman–Crippen LogP) is 4.15. The fraction of sp³-hybridized carbons (Fsp3) is 0.227. The number of carbonyl (C=O) groups excluding carboxylic acids is 2. The highest BCUT2D eigenvalue weighted by Crippen LogP contribution is 2.22. The zero-order valence-electron chi connectivity index (χ0n) is 15.9. The molecule has 3 rings (SSSR count). The van der Waals surface area contributed by atoms with Crippen molar-refractivity contribution in [1.29, 1.82) is 0 Å². The molecule has 1 heterocycles. The summed E-state index contributed by atoms with van der Waals surface area (Å²) < 4.78 is 5.88. The molecular weight excluding hydrogens is 372 g/mol. The fourth-order valence-electron chi connectivity index (χ4n) is 2.85. The lowest BCUT2D eigenvalue weighted by Crippen LogP contribution is -2.35. The first kappa shape index (κ1) is 19.8. The highest BCUT2D eigenvalue weighted by molar-refractivity contribution is 7.19. The number of amides is 1. The van der Waals surface area contributed by atoms with Gasteiger partial charge in [-0.3, -0.25) is 9.59 Å². The van der Waals surface area contributed by atoms with Gasteiger partial charge in [-0.2, -0.15) is 0 Å². The molecule has 5 nitrogen and oxygen atoms in total. The molecule has 3 aromatic rings. The van der Waals surface area contributed by atoms with Gasteiger partial charge < -0.3 is 9.64 Å². The van der Waals surface area contributed by atoms with Gasteiger partial charge in [0.15, 0.2) is 0 Å². The third kappa shape index (κ3) is 5.04. The van der Waals surface area contributed by atoms with E-state index in [9.17, 15) is 9.59 Å². The average Bonchev–Trinajstić information content (AvgIpc) is 3.14. The van der Waals surface area contributed by atoms with Crippen LogP contribution in [0.25, 0.3) is 16.3 Å². The van der Waals surface area contributed by atoms with Crippen molar-refractivity contribution in [2.45, 2.75) is 13.5 Å². The van der Waals surface area contributed by atoms with E-state index < -0.39 is 5.92 Å². The van der Waals surface area contributed by atoms with Gasteiger partial charge in [0.2, 0.25) is 5.91 Å². The maximum absolute atomic E-state index is 12.8. The van der Waals surface area contributed by atoms with Crippen LogP contribution in [0, 0.1) is 5.92 Å². The number of thiazole rings is 1. The summed E-state index contributed by atoms with van der Waals surface area (Å²) in [4.78, 5) is 30.8. The van der Waals surface area contributed by atoms with Crippen LogP contribution in [-0.2, 0) is 20.9 Å². The minimum absolute atomic E-state index is 0.168. The van der Waals surface area contributed by atoms with E-state index in [1.54, 1.807) is 17.9 Å². The second-order valence-corrected chi connectivity index (χ2v) is 7.54. The maximum Gasteiger partial charge on any atom is 0.310 e. The highest BCUT2D eigenvalue weighted by atomic mass is 32.1. The SMILES string of the molecule is COC(=O)C(C)CN(Cc1ccccc1)C(=O)/C=C/c1nc2ccccc2s1. The molecule has 0 aliphatic rings. The van der Waals surface area contributed by atoms with Crippen molar-refractivity contribution in [2.75, 3.05) is 13.7 Å². The van der Waals surface area contributed by atoms with Gasteiger partial charge in [-0.15, -0.1) is 11.3 Å². The smallest absolute Gasteiger partial charge is 0.310 e. The van der Waals surface area contributed by atoms with E-state index in [1.807, 2.05) is 54.6 Å². The van der Waals surface area contributed by atoms with Crippen molar-refractivity contribution in [3.63, 3.8) is 0 Å². The monoisotopic (exact) mass is 394 g/mol. The van der Waals surface area contributed by atoms with E-state index in [2.05, 4.69) is 4.98 Å². The lowest BCUT2D eigenvalue weighted by molar-refractivity contribution is -0.146. The molecule has 0 aliphatic heterocycles. The van der Waals surface area contributed by atoms with Gasteiger partial charge in [0, 0.05) is 19.2 Å². The second-order valence-electron chi connectivity index (χ2n) is 6.48. The molecule has 0 N–H and O–H groups in total. The number of aromatic nitrogens is 1. The normalized spacial score (nSPS) is 12.2. The first-order chi connectivity index (χ1) is 13.6. The topological polar surface area (TPSA) is 59.5 Å². The van der Waals surface area contributed by atoms with Crippen molar-refractivity contribution >= 4 is 39.5 Å². The number of methoxy groups -OCH3 is 1. The van der Waals surface area contributed by atoms with E-state index in [0.717, 1.165) is 20.8 Å². The van der Waals surface area contributed by atoms with Crippen molar-refractivity contribution in [1.82, 2.24) is 9.88 Å². The van der Waals surface area contributed by atoms with Gasteiger partial charge in [-0.1, -0.05) is 49.4 Å². The molecule has 2 aromatic carbocycles. The molecule has 6 heteroatoms. The molecule has 0 fully saturated rings. The molecule has 0 bridgehead atoms. The first-order valence-corrected chi connectivity index (χ1v) is 9.83. The summed E-state index contributed by atoms with van der Waals surface area (Å²) in [5, 5.41) is 0.773. The summed E-state index contributed by atoms with van der Waals surface area (Å²) in [6.07, 6.45) is 3.25. The zero-order valence-corrected chi connectivity index (χ0v) is 16.7. The molecular formula is C22H22N2O3S. The Morgan fingerprint density at radius 3 is 2.57 bits per heavy atom. The van der Waals surface area contributed by atoms with Crippen LogP contribution in [0.4, 0.5) is 0 Å². The largest absolute Gasteiger partial charge is 0.469 e. The van der Waals surface area contributed by atoms with Crippen LogP contribution in [0.3, 0.4) is 0 Å². The molecule has 1 amide bonds. The average molecular weight is 394 g/mol. The Morgan fingerprint density at radius 2 is 1.86 bits per heavy atom. The van der Waals surface area contributed by atoms with Crippen LogP contribution >= 0.6 is 11.3 Å². The number of benzene rings is 2. The Morgan fingerprint density at radius 1 is 1.14 bits per heavy atom. The highest BCUT2D eigenvalue weighted by Gasteiger charge is 2.20. The third-order valence-electron chi connectivity index (χ3n) is 4.30. The number of carbonyl (C=O) groups is 2. The van der Waals surface area contributed by atoms with Gasteiger partial charge in [0.1, 0.15) is 5.01 Å². The summed E-state index contributed by atoms with van der Waals surface area (Å²) in [6, 6.07) is 17.6. The van der Waals surface area contributed by atoms with Gasteiger partial charge in [-0.05, 0) is 23.8 Å². The van der Waals surface area contributed by atoms with Crippen molar-refractivity contribution < 1.29 is 14.3 Å². The molecule has 0 saturated heterocycles. The van der Waals surface area contributed by atoms with E-state index >= 15 is 0 Å². The van der Waals surface area contributed by atoms with Crippen LogP contribution in [0.2, 0.25) is 0 Å². The number of rotatable bonds is 7. The maximum atomic E-state index is 12.8. The number of esters is 1. The minimum atomic E-state index is -0.409. The summed E-state index contributed by atoms with van der Waals surface area (Å²) in [7, 11) is 1.36. The summed E-state index contributed by atoms with van der Waals surface area (Å²) in [5.74, 6) is -0.909. The lowest BCUT2D eigenvalue weighted by Gasteiger charge is -2.24. The van der Waals surface area contributed by atoms with Crippen LogP contribution in [0.5, 0.6) is 0 Å². The molecule has 144 valence electrons. The van der Waals surface area contributed by atoms with E-state index in [4.69, 9.17) is 4.74 Å². The minimum Gasteiger partial charge on any atom is -0.469 e. The Labute approximate surface area is 168 Å². The molecule has 0 spiro atoms. The molecule has 1 unspecified atom stereocenters. The molecule has 28 heavy (non-hydrogen) atoms. The van der Waals surface area contributed by atoms with E-state index in [1.165, 1.54) is 24.5 Å².